The van der Waals surface area contributed by atoms with E-state index in [9.17, 15) is 28.5 Å². The van der Waals surface area contributed by atoms with Gasteiger partial charge in [0.25, 0.3) is 0 Å². The van der Waals surface area contributed by atoms with Crippen LogP contribution in [0.1, 0.15) is 31.5 Å². The molecule has 206 valence electrons. The number of nitrogens with one attached hydrogen (secondary N) is 2. The molecular weight excluding hydrogens is 531 g/mol. The Morgan fingerprint density at radius 3 is 2.36 bits per heavy atom. The standard InChI is InChI=1S/C27H28F3N5O3S/c1-12-21(25-34-18-6-4-5-7-20(18)39-25)24(33-19-10-15(27(2,3)38)22(36)23(19)37)35-26(32-12)31-11-14-16(29)8-13(28)9-17(14)30/h4-9,15,19,22-23,36-38H,10-11H2,1-3H3,(H2,31,32,33,35)/t15-,19+,22+,23-/m0/s1. The highest BCUT2D eigenvalue weighted by Crippen LogP contribution is 2.40. The van der Waals surface area contributed by atoms with Crippen LogP contribution in [0, 0.1) is 30.3 Å². The second kappa shape index (κ2) is 10.3. The Kier molecular flexibility index (Phi) is 7.23. The van der Waals surface area contributed by atoms with Crippen LogP contribution in [0.3, 0.4) is 0 Å². The van der Waals surface area contributed by atoms with Gasteiger partial charge in [-0.1, -0.05) is 12.1 Å². The molecule has 2 aromatic carbocycles. The van der Waals surface area contributed by atoms with Gasteiger partial charge in [-0.3, -0.25) is 0 Å². The molecule has 4 atom stereocenters. The van der Waals surface area contributed by atoms with E-state index >= 15 is 0 Å². The molecule has 1 fully saturated rings. The summed E-state index contributed by atoms with van der Waals surface area (Å²) in [7, 11) is 0. The maximum Gasteiger partial charge on any atom is 0.225 e. The van der Waals surface area contributed by atoms with Gasteiger partial charge in [0.2, 0.25) is 5.95 Å². The monoisotopic (exact) mass is 559 g/mol. The van der Waals surface area contributed by atoms with Crippen molar-refractivity contribution >= 4 is 33.3 Å². The quantitative estimate of drug-likeness (QED) is 0.226. The summed E-state index contributed by atoms with van der Waals surface area (Å²) in [6.45, 7) is 4.54. The molecule has 0 amide bonds. The molecule has 8 nitrogen and oxygen atoms in total. The van der Waals surface area contributed by atoms with E-state index in [1.165, 1.54) is 11.3 Å². The number of hydrogen-bond donors (Lipinski definition) is 5. The summed E-state index contributed by atoms with van der Waals surface area (Å²) in [5, 5.41) is 38.5. The Morgan fingerprint density at radius 1 is 1.03 bits per heavy atom. The van der Waals surface area contributed by atoms with Gasteiger partial charge in [-0.2, -0.15) is 4.98 Å². The van der Waals surface area contributed by atoms with Crippen molar-refractivity contribution in [3.8, 4) is 10.6 Å². The minimum absolute atomic E-state index is 0.0371. The summed E-state index contributed by atoms with van der Waals surface area (Å²) in [5.41, 5.74) is 0.246. The van der Waals surface area contributed by atoms with Crippen molar-refractivity contribution in [1.82, 2.24) is 15.0 Å². The highest BCUT2D eigenvalue weighted by atomic mass is 32.1. The van der Waals surface area contributed by atoms with E-state index in [1.54, 1.807) is 20.8 Å². The molecule has 1 aliphatic rings. The number of para-hydroxylation sites is 1. The van der Waals surface area contributed by atoms with Crippen molar-refractivity contribution < 1.29 is 28.5 Å². The number of aromatic nitrogens is 3. The first-order valence-electron chi connectivity index (χ1n) is 12.4. The molecule has 39 heavy (non-hydrogen) atoms. The van der Waals surface area contributed by atoms with E-state index in [4.69, 9.17) is 4.98 Å². The van der Waals surface area contributed by atoms with Crippen molar-refractivity contribution in [2.24, 2.45) is 5.92 Å². The SMILES string of the molecule is Cc1nc(NCc2c(F)cc(F)cc2F)nc(N[C@@H]2C[C@H](C(C)(C)O)[C@@H](O)[C@H]2O)c1-c1nc2ccccc2s1. The first-order chi connectivity index (χ1) is 18.4. The summed E-state index contributed by atoms with van der Waals surface area (Å²) in [5.74, 6) is -3.37. The second-order valence-corrected chi connectivity index (χ2v) is 11.3. The number of rotatable bonds is 7. The highest BCUT2D eigenvalue weighted by Gasteiger charge is 2.48. The average Bonchev–Trinajstić information content (AvgIpc) is 3.39. The van der Waals surface area contributed by atoms with Crippen molar-refractivity contribution in [3.05, 3.63) is 65.1 Å². The van der Waals surface area contributed by atoms with E-state index in [0.717, 1.165) is 10.2 Å². The molecule has 1 aliphatic carbocycles. The molecule has 5 rings (SSSR count). The molecule has 0 radical (unpaired) electrons. The van der Waals surface area contributed by atoms with Crippen LogP contribution >= 0.6 is 11.3 Å². The van der Waals surface area contributed by atoms with Gasteiger partial charge in [-0.25, -0.2) is 23.1 Å². The third kappa shape index (κ3) is 5.42. The largest absolute Gasteiger partial charge is 0.390 e. The Balaban J connectivity index is 1.52. The van der Waals surface area contributed by atoms with E-state index < -0.39 is 47.2 Å². The zero-order valence-electron chi connectivity index (χ0n) is 21.4. The van der Waals surface area contributed by atoms with E-state index in [2.05, 4.69) is 20.6 Å². The molecular formula is C27H28F3N5O3S. The van der Waals surface area contributed by atoms with Crippen LogP contribution in [0.25, 0.3) is 20.8 Å². The number of aryl methyl sites for hydroxylation is 1. The van der Waals surface area contributed by atoms with Crippen molar-refractivity contribution in [1.29, 1.82) is 0 Å². The van der Waals surface area contributed by atoms with E-state index in [1.807, 2.05) is 24.3 Å². The molecule has 2 aromatic heterocycles. The Bertz CT molecular complexity index is 1470. The number of hydrogen-bond acceptors (Lipinski definition) is 9. The fourth-order valence-electron chi connectivity index (χ4n) is 4.95. The van der Waals surface area contributed by atoms with E-state index in [0.29, 0.717) is 28.4 Å². The Morgan fingerprint density at radius 2 is 1.72 bits per heavy atom. The van der Waals surface area contributed by atoms with Gasteiger partial charge in [0.05, 0.1) is 39.2 Å². The molecule has 0 unspecified atom stereocenters. The van der Waals surface area contributed by atoms with Gasteiger partial charge in [0.1, 0.15) is 34.4 Å². The Labute approximate surface area is 226 Å². The maximum atomic E-state index is 14.2. The van der Waals surface area contributed by atoms with Crippen molar-refractivity contribution in [2.45, 2.75) is 57.6 Å². The van der Waals surface area contributed by atoms with Crippen LogP contribution in [-0.2, 0) is 6.54 Å². The minimum atomic E-state index is -1.23. The number of fused-ring (bicyclic) bond motifs is 1. The third-order valence-electron chi connectivity index (χ3n) is 7.04. The number of aliphatic hydroxyl groups excluding tert-OH is 2. The summed E-state index contributed by atoms with van der Waals surface area (Å²) < 4.78 is 42.6. The molecule has 12 heteroatoms. The number of anilines is 2. The predicted octanol–water partition coefficient (Wildman–Crippen LogP) is 4.38. The third-order valence-corrected chi connectivity index (χ3v) is 8.09. The Hall–Kier alpha value is -3.32. The molecule has 5 N–H and O–H groups in total. The van der Waals surface area contributed by atoms with Crippen molar-refractivity contribution in [2.75, 3.05) is 10.6 Å². The van der Waals surface area contributed by atoms with Crippen LogP contribution in [0.15, 0.2) is 36.4 Å². The molecule has 0 bridgehead atoms. The molecule has 2 heterocycles. The second-order valence-electron chi connectivity index (χ2n) is 10.3. The van der Waals surface area contributed by atoms with Crippen LogP contribution in [0.4, 0.5) is 24.9 Å². The molecule has 0 saturated heterocycles. The normalized spacial score (nSPS) is 21.5. The minimum Gasteiger partial charge on any atom is -0.390 e. The summed E-state index contributed by atoms with van der Waals surface area (Å²) >= 11 is 1.43. The zero-order chi connectivity index (χ0) is 28.1. The van der Waals surface area contributed by atoms with Gasteiger partial charge in [0.15, 0.2) is 0 Å². The lowest BCUT2D eigenvalue weighted by atomic mass is 9.88. The first kappa shape index (κ1) is 27.3. The number of thiazole rings is 1. The summed E-state index contributed by atoms with van der Waals surface area (Å²) in [6, 6.07) is 8.13. The zero-order valence-corrected chi connectivity index (χ0v) is 22.2. The smallest absolute Gasteiger partial charge is 0.225 e. The number of aliphatic hydroxyl groups is 3. The number of nitrogens with zero attached hydrogens (tertiary/aromatic N) is 3. The molecule has 4 aromatic rings. The summed E-state index contributed by atoms with van der Waals surface area (Å²) in [6.07, 6.45) is -2.11. The summed E-state index contributed by atoms with van der Waals surface area (Å²) in [4.78, 5) is 13.7. The first-order valence-corrected chi connectivity index (χ1v) is 13.2. The highest BCUT2D eigenvalue weighted by molar-refractivity contribution is 7.21. The van der Waals surface area contributed by atoms with Crippen molar-refractivity contribution in [3.63, 3.8) is 0 Å². The predicted molar refractivity (Wildman–Crippen MR) is 143 cm³/mol. The average molecular weight is 560 g/mol. The van der Waals surface area contributed by atoms with Gasteiger partial charge >= 0.3 is 0 Å². The maximum absolute atomic E-state index is 14.2. The van der Waals surface area contributed by atoms with Crippen LogP contribution < -0.4 is 10.6 Å². The number of benzene rings is 2. The van der Waals surface area contributed by atoms with Gasteiger partial charge in [0, 0.05) is 30.2 Å². The van der Waals surface area contributed by atoms with Gasteiger partial charge in [-0.05, 0) is 39.3 Å². The number of halogens is 3. The van der Waals surface area contributed by atoms with Gasteiger partial charge in [-0.15, -0.1) is 11.3 Å². The van der Waals surface area contributed by atoms with Crippen LogP contribution in [0.2, 0.25) is 0 Å². The topological polar surface area (TPSA) is 123 Å². The van der Waals surface area contributed by atoms with Gasteiger partial charge < -0.3 is 26.0 Å². The van der Waals surface area contributed by atoms with Crippen LogP contribution in [-0.4, -0.2) is 54.1 Å². The molecule has 0 aliphatic heterocycles. The van der Waals surface area contributed by atoms with Crippen LogP contribution in [0.5, 0.6) is 0 Å². The lowest BCUT2D eigenvalue weighted by Crippen LogP contribution is -2.40. The lowest BCUT2D eigenvalue weighted by molar-refractivity contribution is -0.0601. The van der Waals surface area contributed by atoms with E-state index in [-0.39, 0.29) is 30.3 Å². The molecule has 1 saturated carbocycles. The fraction of sp³-hybridized carbons (Fsp3) is 0.370. The fourth-order valence-corrected chi connectivity index (χ4v) is 6.02. The molecule has 0 spiro atoms. The lowest BCUT2D eigenvalue weighted by Gasteiger charge is -2.28.